The molecule has 2 rings (SSSR count). The van der Waals surface area contributed by atoms with E-state index in [4.69, 9.17) is 0 Å². The number of hydrogen-bond donors (Lipinski definition) is 1. The zero-order valence-electron chi connectivity index (χ0n) is 21.0. The van der Waals surface area contributed by atoms with E-state index in [0.29, 0.717) is 25.1 Å². The maximum Gasteiger partial charge on any atom is 0.244 e. The molecule has 0 aliphatic carbocycles. The van der Waals surface area contributed by atoms with Crippen molar-refractivity contribution in [1.82, 2.24) is 10.2 Å². The fourth-order valence-corrected chi connectivity index (χ4v) is 4.59. The van der Waals surface area contributed by atoms with Gasteiger partial charge in [-0.1, -0.05) is 49.4 Å². The molecule has 0 radical (unpaired) electrons. The van der Waals surface area contributed by atoms with E-state index >= 15 is 0 Å². The van der Waals surface area contributed by atoms with Gasteiger partial charge in [0.2, 0.25) is 21.8 Å². The third-order valence-electron chi connectivity index (χ3n) is 5.34. The number of carbonyl (C=O) groups is 2. The Morgan fingerprint density at radius 2 is 1.68 bits per heavy atom. The molecule has 2 aromatic carbocycles. The number of hydrogen-bond acceptors (Lipinski definition) is 4. The Balaban J connectivity index is 2.38. The first-order valence-corrected chi connectivity index (χ1v) is 13.4. The van der Waals surface area contributed by atoms with Crippen LogP contribution >= 0.6 is 0 Å². The molecule has 2 amide bonds. The molecule has 0 aliphatic heterocycles. The van der Waals surface area contributed by atoms with Crippen LogP contribution in [0.25, 0.3) is 0 Å². The highest BCUT2D eigenvalue weighted by molar-refractivity contribution is 7.92. The molecular formula is C26H37N3O4S. The van der Waals surface area contributed by atoms with Crippen molar-refractivity contribution < 1.29 is 18.0 Å². The highest BCUT2D eigenvalue weighted by atomic mass is 32.2. The number of amides is 2. The smallest absolute Gasteiger partial charge is 0.244 e. The number of carbonyl (C=O) groups excluding carboxylic acids is 2. The number of nitrogens with zero attached hydrogens (tertiary/aromatic N) is 2. The Morgan fingerprint density at radius 3 is 2.21 bits per heavy atom. The van der Waals surface area contributed by atoms with Gasteiger partial charge in [0.15, 0.2) is 0 Å². The fourth-order valence-electron chi connectivity index (χ4n) is 3.75. The summed E-state index contributed by atoms with van der Waals surface area (Å²) >= 11 is 0. The monoisotopic (exact) mass is 487 g/mol. The highest BCUT2D eigenvalue weighted by Gasteiger charge is 2.32. The minimum absolute atomic E-state index is 0.252. The minimum Gasteiger partial charge on any atom is -0.350 e. The van der Waals surface area contributed by atoms with Gasteiger partial charge in [0.1, 0.15) is 12.6 Å². The average Bonchev–Trinajstić information content (AvgIpc) is 2.73. The summed E-state index contributed by atoms with van der Waals surface area (Å²) in [4.78, 5) is 28.2. The largest absolute Gasteiger partial charge is 0.350 e. The van der Waals surface area contributed by atoms with Crippen LogP contribution in [0.4, 0.5) is 5.69 Å². The van der Waals surface area contributed by atoms with Gasteiger partial charge in [-0.05, 0) is 63.8 Å². The van der Waals surface area contributed by atoms with E-state index < -0.39 is 27.5 Å². The lowest BCUT2D eigenvalue weighted by molar-refractivity contribution is -0.140. The molecule has 7 nitrogen and oxygen atoms in total. The maximum absolute atomic E-state index is 13.6. The quantitative estimate of drug-likeness (QED) is 0.556. The molecule has 0 bridgehead atoms. The molecule has 0 aromatic heterocycles. The number of sulfonamides is 1. The zero-order valence-corrected chi connectivity index (χ0v) is 21.9. The first-order valence-electron chi connectivity index (χ1n) is 11.5. The number of rotatable bonds is 10. The molecule has 1 N–H and O–H groups in total. The van der Waals surface area contributed by atoms with Crippen LogP contribution in [0.5, 0.6) is 0 Å². The van der Waals surface area contributed by atoms with Crippen LogP contribution in [0.1, 0.15) is 45.2 Å². The molecule has 8 heteroatoms. The fraction of sp³-hybridized carbons (Fsp3) is 0.462. The van der Waals surface area contributed by atoms with Gasteiger partial charge in [-0.3, -0.25) is 13.9 Å². The van der Waals surface area contributed by atoms with E-state index in [-0.39, 0.29) is 12.5 Å². The van der Waals surface area contributed by atoms with E-state index in [2.05, 4.69) is 5.32 Å². The van der Waals surface area contributed by atoms with E-state index in [0.717, 1.165) is 21.7 Å². The molecule has 0 saturated heterocycles. The van der Waals surface area contributed by atoms with E-state index in [1.54, 1.807) is 18.2 Å². The standard InChI is InChI=1S/C26H37N3O4S/c1-7-23(25(31)27-26(3,4)5)28(17-16-21-13-9-8-10-14-21)24(30)19-29(34(6,32)33)22-15-11-12-20(2)18-22/h8-15,18,23H,7,16-17,19H2,1-6H3,(H,27,31). The van der Waals surface area contributed by atoms with Crippen molar-refractivity contribution in [2.75, 3.05) is 23.7 Å². The number of benzene rings is 2. The predicted octanol–water partition coefficient (Wildman–Crippen LogP) is 3.53. The lowest BCUT2D eigenvalue weighted by Gasteiger charge is -2.34. The van der Waals surface area contributed by atoms with Crippen molar-refractivity contribution >= 4 is 27.5 Å². The van der Waals surface area contributed by atoms with Crippen molar-refractivity contribution in [1.29, 1.82) is 0 Å². The molecule has 0 aliphatic rings. The molecule has 34 heavy (non-hydrogen) atoms. The van der Waals surface area contributed by atoms with E-state index in [9.17, 15) is 18.0 Å². The average molecular weight is 488 g/mol. The summed E-state index contributed by atoms with van der Waals surface area (Å²) in [6, 6.07) is 16.0. The van der Waals surface area contributed by atoms with E-state index in [1.165, 1.54) is 4.90 Å². The van der Waals surface area contributed by atoms with Crippen LogP contribution in [-0.2, 0) is 26.0 Å². The third-order valence-corrected chi connectivity index (χ3v) is 6.48. The van der Waals surface area contributed by atoms with Gasteiger partial charge < -0.3 is 10.2 Å². The second-order valence-electron chi connectivity index (χ2n) is 9.59. The molecule has 0 heterocycles. The highest BCUT2D eigenvalue weighted by Crippen LogP contribution is 2.20. The summed E-state index contributed by atoms with van der Waals surface area (Å²) in [6.45, 7) is 9.29. The summed E-state index contributed by atoms with van der Waals surface area (Å²) in [7, 11) is -3.73. The van der Waals surface area contributed by atoms with Crippen LogP contribution in [0.3, 0.4) is 0 Å². The lowest BCUT2D eigenvalue weighted by Crippen LogP contribution is -2.56. The van der Waals surface area contributed by atoms with Crippen molar-refractivity contribution in [2.24, 2.45) is 0 Å². The second kappa shape index (κ2) is 11.5. The van der Waals surface area contributed by atoms with E-state index in [1.807, 2.05) is 71.0 Å². The molecule has 1 atom stereocenters. The first-order chi connectivity index (χ1) is 15.8. The van der Waals surface area contributed by atoms with Crippen LogP contribution < -0.4 is 9.62 Å². The summed E-state index contributed by atoms with van der Waals surface area (Å²) in [5.41, 5.74) is 1.88. The van der Waals surface area contributed by atoms with Gasteiger partial charge in [0, 0.05) is 12.1 Å². The maximum atomic E-state index is 13.6. The van der Waals surface area contributed by atoms with Crippen molar-refractivity contribution in [2.45, 2.75) is 59.0 Å². The van der Waals surface area contributed by atoms with Crippen LogP contribution in [0, 0.1) is 6.92 Å². The lowest BCUT2D eigenvalue weighted by atomic mass is 10.1. The zero-order chi connectivity index (χ0) is 25.5. The minimum atomic E-state index is -3.73. The summed E-state index contributed by atoms with van der Waals surface area (Å²) in [5.74, 6) is -0.670. The molecule has 0 spiro atoms. The number of nitrogens with one attached hydrogen (secondary N) is 1. The van der Waals surface area contributed by atoms with Gasteiger partial charge in [-0.15, -0.1) is 0 Å². The Morgan fingerprint density at radius 1 is 1.03 bits per heavy atom. The topological polar surface area (TPSA) is 86.8 Å². The molecule has 0 fully saturated rings. The van der Waals surface area contributed by atoms with Gasteiger partial charge in [0.05, 0.1) is 11.9 Å². The molecule has 0 saturated carbocycles. The summed E-state index contributed by atoms with van der Waals surface area (Å²) in [6.07, 6.45) is 2.04. The van der Waals surface area contributed by atoms with Crippen molar-refractivity contribution in [3.63, 3.8) is 0 Å². The SMILES string of the molecule is CCC(C(=O)NC(C)(C)C)N(CCc1ccccc1)C(=O)CN(c1cccc(C)c1)S(C)(=O)=O. The normalized spacial score (nSPS) is 12.6. The Labute approximate surface area is 204 Å². The van der Waals surface area contributed by atoms with Gasteiger partial charge in [-0.2, -0.15) is 0 Å². The second-order valence-corrected chi connectivity index (χ2v) is 11.5. The molecule has 1 unspecified atom stereocenters. The van der Waals surface area contributed by atoms with Crippen molar-refractivity contribution in [3.05, 3.63) is 65.7 Å². The van der Waals surface area contributed by atoms with Crippen LogP contribution in [0.2, 0.25) is 0 Å². The molecule has 186 valence electrons. The Bertz CT molecular complexity index is 1080. The van der Waals surface area contributed by atoms with Gasteiger partial charge in [0.25, 0.3) is 0 Å². The third kappa shape index (κ3) is 8.17. The van der Waals surface area contributed by atoms with Crippen molar-refractivity contribution in [3.8, 4) is 0 Å². The summed E-state index contributed by atoms with van der Waals surface area (Å²) < 4.78 is 26.3. The molecule has 2 aromatic rings. The van der Waals surface area contributed by atoms with Crippen LogP contribution in [-0.4, -0.2) is 56.1 Å². The van der Waals surface area contributed by atoms with Gasteiger partial charge >= 0.3 is 0 Å². The molecular weight excluding hydrogens is 450 g/mol. The Hall–Kier alpha value is -2.87. The predicted molar refractivity (Wildman–Crippen MR) is 137 cm³/mol. The van der Waals surface area contributed by atoms with Gasteiger partial charge in [-0.25, -0.2) is 8.42 Å². The Kier molecular flexibility index (Phi) is 9.27. The summed E-state index contributed by atoms with van der Waals surface area (Å²) in [5, 5.41) is 2.96. The number of anilines is 1. The first kappa shape index (κ1) is 27.4. The number of aryl methyl sites for hydroxylation is 1. The van der Waals surface area contributed by atoms with Crippen LogP contribution in [0.15, 0.2) is 54.6 Å².